The van der Waals surface area contributed by atoms with E-state index in [0.717, 1.165) is 220 Å². The van der Waals surface area contributed by atoms with Gasteiger partial charge in [0.15, 0.2) is 0 Å². The highest BCUT2D eigenvalue weighted by molar-refractivity contribution is 9.11. The summed E-state index contributed by atoms with van der Waals surface area (Å²) in [6.07, 6.45) is 0.735. The van der Waals surface area contributed by atoms with Gasteiger partial charge in [-0.05, 0) is 277 Å². The molecule has 1 aliphatic carbocycles. The number of allylic oxidation sites excluding steroid dienone is 2. The molecule has 0 saturated heterocycles. The molecule has 0 radical (unpaired) electrons. The van der Waals surface area contributed by atoms with Crippen LogP contribution in [0.3, 0.4) is 0 Å². The minimum Gasteiger partial charge on any atom is -0.354 e. The van der Waals surface area contributed by atoms with Crippen molar-refractivity contribution < 1.29 is 0 Å². The summed E-state index contributed by atoms with van der Waals surface area (Å²) < 4.78 is 4.98. The number of nitrogens with one attached hydrogen (secondary N) is 5. The summed E-state index contributed by atoms with van der Waals surface area (Å²) in [5.74, 6) is 0. The average molecular weight is 1930 g/mol. The van der Waals surface area contributed by atoms with E-state index in [1.807, 2.05) is 36.4 Å². The fourth-order valence-corrected chi connectivity index (χ4v) is 23.3. The summed E-state index contributed by atoms with van der Waals surface area (Å²) >= 11 is 21.8. The molecule has 29 rings (SSSR count). The number of nitrogens with zero attached hydrogens (tertiary/aromatic N) is 12. The number of aromatic amines is 5. The molecule has 14 aromatic carbocycles. The SMILES string of the molecule is Brc1ccc(Br)c2nc3c(nc12)c1nc2c(Br)ccc(Br)c2nc1c1nc2c(Br)ccc(Br)c2nc31.CC1=C2Cc3c1ccc1ccc4c(C)c([nH]c4c31)-c1ccc3c4[nH]c5c(ccc6ccc7c(C)c([nH]c7c65)c5ccc6c7[nH]c8c(ccc9ccc%10c(C)c([nH]c%10c98)c8ccc2c2nc9c%10nc1c3nc%10c1nc5c6nc1c9nc28)c7C)c4C. The van der Waals surface area contributed by atoms with Gasteiger partial charge < -0.3 is 24.9 Å². The Balaban J connectivity index is 0.000000173. The molecule has 0 spiro atoms. The van der Waals surface area contributed by atoms with Gasteiger partial charge in [-0.2, -0.15) is 0 Å². The van der Waals surface area contributed by atoms with Gasteiger partial charge >= 0.3 is 0 Å². The lowest BCUT2D eigenvalue weighted by atomic mass is 9.95. The molecular formula is C97H49Br6N17. The highest BCUT2D eigenvalue weighted by Gasteiger charge is 2.33. The summed E-state index contributed by atoms with van der Waals surface area (Å²) in [7, 11) is 0. The molecule has 14 heterocycles. The summed E-state index contributed by atoms with van der Waals surface area (Å²) in [5, 5.41) is 16.7. The van der Waals surface area contributed by atoms with Crippen LogP contribution in [0.4, 0.5) is 0 Å². The second-order valence-corrected chi connectivity index (χ2v) is 37.6. The van der Waals surface area contributed by atoms with Crippen molar-refractivity contribution in [2.24, 2.45) is 0 Å². The lowest BCUT2D eigenvalue weighted by molar-refractivity contribution is 1.32. The van der Waals surface area contributed by atoms with Crippen molar-refractivity contribution in [1.29, 1.82) is 0 Å². The number of halogens is 6. The van der Waals surface area contributed by atoms with Crippen molar-refractivity contribution in [2.45, 2.75) is 48.0 Å². The summed E-state index contributed by atoms with van der Waals surface area (Å²) in [5.41, 5.74) is 39.5. The molecule has 23 heteroatoms. The van der Waals surface area contributed by atoms with Gasteiger partial charge in [0.2, 0.25) is 0 Å². The third-order valence-corrected chi connectivity index (χ3v) is 30.5. The van der Waals surface area contributed by atoms with Gasteiger partial charge in [0, 0.05) is 103 Å². The minimum atomic E-state index is 0.602. The summed E-state index contributed by atoms with van der Waals surface area (Å²) in [6.45, 7) is 13.5. The van der Waals surface area contributed by atoms with Crippen molar-refractivity contribution in [2.75, 3.05) is 0 Å². The Morgan fingerprint density at radius 1 is 0.208 bits per heavy atom. The van der Waals surface area contributed by atoms with Crippen molar-refractivity contribution in [3.8, 4) is 11.3 Å². The molecular weight excluding hydrogens is 1880 g/mol. The van der Waals surface area contributed by atoms with E-state index in [4.69, 9.17) is 59.8 Å². The number of hydrogen-bond acceptors (Lipinski definition) is 12. The zero-order valence-electron chi connectivity index (χ0n) is 63.7. The Morgan fingerprint density at radius 2 is 0.450 bits per heavy atom. The van der Waals surface area contributed by atoms with E-state index >= 15 is 0 Å². The minimum absolute atomic E-state index is 0.602. The van der Waals surface area contributed by atoms with Crippen LogP contribution >= 0.6 is 95.6 Å². The Morgan fingerprint density at radius 3 is 0.792 bits per heavy atom. The first-order chi connectivity index (χ1) is 58.4. The Bertz CT molecular complexity index is 9420. The lowest BCUT2D eigenvalue weighted by Gasteiger charge is -2.15. The molecule has 0 amide bonds. The molecule has 120 heavy (non-hydrogen) atoms. The molecule has 564 valence electrons. The van der Waals surface area contributed by atoms with Gasteiger partial charge in [0.1, 0.15) is 99.3 Å². The van der Waals surface area contributed by atoms with Crippen LogP contribution in [0.1, 0.15) is 51.4 Å². The second-order valence-electron chi connectivity index (χ2n) is 32.5. The second kappa shape index (κ2) is 23.0. The van der Waals surface area contributed by atoms with Crippen molar-refractivity contribution in [3.05, 3.63) is 217 Å². The zero-order chi connectivity index (χ0) is 79.8. The predicted molar refractivity (Wildman–Crippen MR) is 512 cm³/mol. The van der Waals surface area contributed by atoms with E-state index in [0.29, 0.717) is 99.3 Å². The van der Waals surface area contributed by atoms with Gasteiger partial charge in [-0.3, -0.25) is 0 Å². The number of aryl methyl sites for hydroxylation is 5. The first-order valence-corrected chi connectivity index (χ1v) is 44.1. The maximum Gasteiger partial charge on any atom is 0.120 e. The number of aromatic nitrogens is 17. The van der Waals surface area contributed by atoms with Crippen LogP contribution in [0.5, 0.6) is 0 Å². The fraction of sp³-hybridized carbons (Fsp3) is 0.0722. The molecule has 27 aromatic rings. The largest absolute Gasteiger partial charge is 0.354 e. The molecule has 5 N–H and O–H groups in total. The Kier molecular flexibility index (Phi) is 13.0. The van der Waals surface area contributed by atoms with Crippen LogP contribution in [0.2, 0.25) is 0 Å². The monoisotopic (exact) mass is 1920 g/mol. The average Bonchev–Trinajstić information content (AvgIpc) is 0.840. The molecule has 2 aliphatic rings. The highest BCUT2D eigenvalue weighted by atomic mass is 79.9. The normalized spacial score (nSPS) is 13.4. The van der Waals surface area contributed by atoms with Crippen LogP contribution in [0, 0.1) is 34.6 Å². The van der Waals surface area contributed by atoms with Crippen LogP contribution < -0.4 is 0 Å². The quantitative estimate of drug-likeness (QED) is 0.0705. The van der Waals surface area contributed by atoms with E-state index in [2.05, 4.69) is 271 Å². The van der Waals surface area contributed by atoms with E-state index in [1.54, 1.807) is 0 Å². The number of benzene rings is 14. The third-order valence-electron chi connectivity index (χ3n) is 26.7. The molecule has 24 bridgehead atoms. The van der Waals surface area contributed by atoms with E-state index in [9.17, 15) is 0 Å². The van der Waals surface area contributed by atoms with Crippen molar-refractivity contribution in [1.82, 2.24) is 84.7 Å². The Labute approximate surface area is 723 Å². The topological polar surface area (TPSA) is 234 Å². The maximum absolute atomic E-state index is 6.05. The van der Waals surface area contributed by atoms with Gasteiger partial charge in [0.25, 0.3) is 0 Å². The molecule has 17 nitrogen and oxygen atoms in total. The van der Waals surface area contributed by atoms with Crippen molar-refractivity contribution >= 4 is 370 Å². The number of fused-ring (bicyclic) bond motifs is 21. The number of H-pyrrole nitrogens is 5. The van der Waals surface area contributed by atoms with Gasteiger partial charge in [-0.25, -0.2) is 59.8 Å². The summed E-state index contributed by atoms with van der Waals surface area (Å²) in [4.78, 5) is 86.8. The van der Waals surface area contributed by atoms with E-state index < -0.39 is 0 Å². The van der Waals surface area contributed by atoms with Crippen molar-refractivity contribution in [3.63, 3.8) is 0 Å². The standard InChI is InChI=1S/C73H43N11.C24H6Br6N6/c1-26-35-13-7-32-8-14-36-27(2)52-43-21-22-44-54-29(4)39-17-11-34-12-18-40-31(6)56(78-61(40)51(34)60(39)76-54)46-24-23-45-55-30(5)38-16-10-33-9-15-37-28(3)53(75-58(37)50(33)59(38)77-55)42-20-19-41(47(26)25-48(35)49(32)57(36)74-52)62-63(42)80-69-68(79-62)70-72(83-65(44)64(43)81-70)73-71(69)82-66(45)67(46)84-73;25-7-1-2-8(26)14-13(7)31-19-20(32-14)22-24(36-18-12(30)6-5-11(29)17(18)34-22)23-21(19)33-15-9(27)3-4-10(28)16(15)35-23/h7-24,74-78H,25H2,1-6H3;1-6H. The van der Waals surface area contributed by atoms with E-state index in [1.165, 1.54) is 43.8 Å². The lowest BCUT2D eigenvalue weighted by Crippen LogP contribution is -2.02. The molecule has 13 aromatic heterocycles. The molecule has 0 saturated carbocycles. The zero-order valence-corrected chi connectivity index (χ0v) is 73.2. The Hall–Kier alpha value is -12.2. The first kappa shape index (κ1) is 67.6. The predicted octanol–water partition coefficient (Wildman–Crippen LogP) is 27.9. The molecule has 0 atom stereocenters. The maximum atomic E-state index is 6.05. The van der Waals surface area contributed by atoms with Gasteiger partial charge in [0.05, 0.1) is 88.4 Å². The fourth-order valence-electron chi connectivity index (χ4n) is 20.8. The third kappa shape index (κ3) is 8.40. The molecule has 1 aliphatic heterocycles. The van der Waals surface area contributed by atoms with Crippen LogP contribution in [0.25, 0.3) is 285 Å². The molecule has 0 fully saturated rings. The first-order valence-electron chi connectivity index (χ1n) is 39.4. The highest BCUT2D eigenvalue weighted by Crippen LogP contribution is 2.52. The van der Waals surface area contributed by atoms with Gasteiger partial charge in [-0.1, -0.05) is 78.9 Å². The van der Waals surface area contributed by atoms with E-state index in [-0.39, 0.29) is 0 Å². The smallest absolute Gasteiger partial charge is 0.120 e. The van der Waals surface area contributed by atoms with Crippen LogP contribution in [0.15, 0.2) is 172 Å². The summed E-state index contributed by atoms with van der Waals surface area (Å²) in [6, 6.07) is 52.6. The van der Waals surface area contributed by atoms with Crippen LogP contribution in [-0.4, -0.2) is 84.7 Å². The van der Waals surface area contributed by atoms with Gasteiger partial charge in [-0.15, -0.1) is 0 Å². The van der Waals surface area contributed by atoms with Crippen LogP contribution in [-0.2, 0) is 6.42 Å². The number of rotatable bonds is 0. The molecule has 0 unspecified atom stereocenters. The number of hydrogen-bond donors (Lipinski definition) is 5.